The van der Waals surface area contributed by atoms with E-state index < -0.39 is 23.8 Å². The summed E-state index contributed by atoms with van der Waals surface area (Å²) in [6.45, 7) is 0. The molecule has 4 aromatic carbocycles. The Balaban J connectivity index is 2.12. The Bertz CT molecular complexity index is 1110. The van der Waals surface area contributed by atoms with Crippen LogP contribution in [0.15, 0.2) is 120 Å². The molecule has 0 amide bonds. The van der Waals surface area contributed by atoms with Crippen LogP contribution in [0, 0.1) is 0 Å². The summed E-state index contributed by atoms with van der Waals surface area (Å²) < 4.78 is 52.1. The van der Waals surface area contributed by atoms with Crippen LogP contribution in [0.5, 0.6) is 5.75 Å². The summed E-state index contributed by atoms with van der Waals surface area (Å²) in [4.78, 5) is 0. The molecule has 0 fully saturated rings. The van der Waals surface area contributed by atoms with Gasteiger partial charge in [0.15, 0.2) is 0 Å². The third-order valence-electron chi connectivity index (χ3n) is 5.76. The molecule has 0 aliphatic heterocycles. The van der Waals surface area contributed by atoms with Crippen molar-refractivity contribution in [3.05, 3.63) is 125 Å². The summed E-state index contributed by atoms with van der Waals surface area (Å²) in [7, 11) is 1.53. The first-order chi connectivity index (χ1) is 16.0. The van der Waals surface area contributed by atoms with E-state index in [9.17, 15) is 0 Å². The van der Waals surface area contributed by atoms with Crippen LogP contribution in [0.25, 0.3) is 6.08 Å². The SMILES string of the molecule is COc1ccc(/C=[C](/C(F)(F)F)[Ge]([c]2ccccc2)([c]2ccccc2)[c]2ccccc2)cc1. The minimum atomic E-state index is -4.53. The Morgan fingerprint density at radius 2 is 1.03 bits per heavy atom. The number of allylic oxidation sites excluding steroid dienone is 1. The molecule has 0 saturated heterocycles. The number of hydrogen-bond acceptors (Lipinski definition) is 1. The summed E-state index contributed by atoms with van der Waals surface area (Å²) in [5.74, 6) is 0.600. The fraction of sp³-hybridized carbons (Fsp3) is 0.0714. The molecule has 0 saturated carbocycles. The first-order valence-corrected chi connectivity index (χ1v) is 14.8. The molecule has 4 rings (SSSR count). The van der Waals surface area contributed by atoms with Gasteiger partial charge in [-0.25, -0.2) is 0 Å². The van der Waals surface area contributed by atoms with Crippen LogP contribution in [0.3, 0.4) is 0 Å². The molecule has 0 N–H and O–H groups in total. The van der Waals surface area contributed by atoms with Gasteiger partial charge in [-0.15, -0.1) is 0 Å². The number of rotatable bonds is 6. The predicted molar refractivity (Wildman–Crippen MR) is 131 cm³/mol. The Morgan fingerprint density at radius 1 is 0.636 bits per heavy atom. The molecule has 5 heteroatoms. The molecule has 4 aromatic rings. The number of alkyl halides is 3. The second-order valence-corrected chi connectivity index (χ2v) is 15.6. The third kappa shape index (κ3) is 4.62. The van der Waals surface area contributed by atoms with E-state index in [4.69, 9.17) is 4.74 Å². The second kappa shape index (κ2) is 9.71. The summed E-state index contributed by atoms with van der Waals surface area (Å²) >= 11 is -4.43. The molecule has 0 aromatic heterocycles. The third-order valence-corrected chi connectivity index (χ3v) is 15.9. The first kappa shape index (κ1) is 22.9. The average Bonchev–Trinajstić information content (AvgIpc) is 2.86. The van der Waals surface area contributed by atoms with E-state index in [1.165, 1.54) is 13.2 Å². The minimum absolute atomic E-state index is 0.476. The number of methoxy groups -OCH3 is 1. The van der Waals surface area contributed by atoms with Gasteiger partial charge in [0.1, 0.15) is 0 Å². The van der Waals surface area contributed by atoms with Gasteiger partial charge in [-0.2, -0.15) is 0 Å². The van der Waals surface area contributed by atoms with Crippen LogP contribution in [0.2, 0.25) is 0 Å². The average molecular weight is 505 g/mol. The monoisotopic (exact) mass is 506 g/mol. The molecule has 0 atom stereocenters. The molecule has 0 radical (unpaired) electrons. The quantitative estimate of drug-likeness (QED) is 0.322. The van der Waals surface area contributed by atoms with Gasteiger partial charge in [-0.05, 0) is 0 Å². The molecule has 0 unspecified atom stereocenters. The normalized spacial score (nSPS) is 12.4. The summed E-state index contributed by atoms with van der Waals surface area (Å²) in [5.41, 5.74) is 0.487. The van der Waals surface area contributed by atoms with Crippen LogP contribution < -0.4 is 17.9 Å². The fourth-order valence-electron chi connectivity index (χ4n) is 4.30. The Labute approximate surface area is 194 Å². The molecule has 166 valence electrons. The van der Waals surface area contributed by atoms with Crippen molar-refractivity contribution in [1.82, 2.24) is 0 Å². The van der Waals surface area contributed by atoms with Crippen molar-refractivity contribution in [2.24, 2.45) is 0 Å². The summed E-state index contributed by atoms with van der Waals surface area (Å²) in [5, 5.41) is 0. The Kier molecular flexibility index (Phi) is 6.75. The van der Waals surface area contributed by atoms with Gasteiger partial charge in [0.2, 0.25) is 0 Å². The molecular formula is C28H23F3GeO. The van der Waals surface area contributed by atoms with Crippen LogP contribution in [-0.4, -0.2) is 26.6 Å². The van der Waals surface area contributed by atoms with Gasteiger partial charge < -0.3 is 0 Å². The standard InChI is InChI=1S/C28H23F3GeO/c1-33-26-19-17-22(18-20-26)21-27(28(29,30)31)32(23-11-5-2-6-12-23,24-13-7-3-8-14-24)25-15-9-4-10-16-25/h2-21H,1H3/b27-21-. The van der Waals surface area contributed by atoms with E-state index in [0.29, 0.717) is 11.3 Å². The summed E-state index contributed by atoms with van der Waals surface area (Å²) in [6, 6.07) is 34.2. The molecule has 0 aliphatic rings. The zero-order chi connectivity index (χ0) is 23.3. The second-order valence-electron chi connectivity index (χ2n) is 7.68. The van der Waals surface area contributed by atoms with Crippen LogP contribution >= 0.6 is 0 Å². The molecule has 33 heavy (non-hydrogen) atoms. The van der Waals surface area contributed by atoms with Crippen LogP contribution in [0.1, 0.15) is 5.56 Å². The van der Waals surface area contributed by atoms with Gasteiger partial charge in [0.25, 0.3) is 0 Å². The van der Waals surface area contributed by atoms with E-state index in [1.807, 2.05) is 91.0 Å². The predicted octanol–water partition coefficient (Wildman–Crippen LogP) is 5.35. The van der Waals surface area contributed by atoms with Crippen LogP contribution in [-0.2, 0) is 0 Å². The van der Waals surface area contributed by atoms with Gasteiger partial charge in [0.05, 0.1) is 0 Å². The Hall–Kier alpha value is -3.25. The van der Waals surface area contributed by atoms with Gasteiger partial charge in [0, 0.05) is 0 Å². The van der Waals surface area contributed by atoms with Crippen molar-refractivity contribution in [3.63, 3.8) is 0 Å². The zero-order valence-electron chi connectivity index (χ0n) is 18.1. The van der Waals surface area contributed by atoms with E-state index >= 15 is 13.2 Å². The van der Waals surface area contributed by atoms with E-state index in [-0.39, 0.29) is 0 Å². The van der Waals surface area contributed by atoms with Crippen molar-refractivity contribution in [3.8, 4) is 5.75 Å². The van der Waals surface area contributed by atoms with Gasteiger partial charge >= 0.3 is 195 Å². The molecule has 0 heterocycles. The fourth-order valence-corrected chi connectivity index (χ4v) is 14.4. The van der Waals surface area contributed by atoms with E-state index in [0.717, 1.165) is 13.2 Å². The number of benzene rings is 4. The maximum absolute atomic E-state index is 15.1. The number of hydrogen-bond donors (Lipinski definition) is 0. The van der Waals surface area contributed by atoms with Gasteiger partial charge in [-0.1, -0.05) is 0 Å². The van der Waals surface area contributed by atoms with Crippen molar-refractivity contribution < 1.29 is 17.9 Å². The molecule has 0 spiro atoms. The topological polar surface area (TPSA) is 9.23 Å². The van der Waals surface area contributed by atoms with Crippen molar-refractivity contribution in [1.29, 1.82) is 0 Å². The maximum atomic E-state index is 15.1. The van der Waals surface area contributed by atoms with Crippen molar-refractivity contribution in [2.75, 3.05) is 7.11 Å². The van der Waals surface area contributed by atoms with Crippen molar-refractivity contribution >= 4 is 32.5 Å². The zero-order valence-corrected chi connectivity index (χ0v) is 20.2. The van der Waals surface area contributed by atoms with E-state index in [1.54, 1.807) is 24.3 Å². The van der Waals surface area contributed by atoms with Crippen LogP contribution in [0.4, 0.5) is 13.2 Å². The Morgan fingerprint density at radius 3 is 1.36 bits per heavy atom. The molecule has 1 nitrogen and oxygen atoms in total. The molecular weight excluding hydrogens is 482 g/mol. The number of ether oxygens (including phenoxy) is 1. The van der Waals surface area contributed by atoms with E-state index in [2.05, 4.69) is 0 Å². The molecule has 0 aliphatic carbocycles. The number of halogens is 3. The van der Waals surface area contributed by atoms with Crippen molar-refractivity contribution in [2.45, 2.75) is 6.18 Å². The van der Waals surface area contributed by atoms with Gasteiger partial charge in [-0.3, -0.25) is 0 Å². The molecule has 0 bridgehead atoms. The summed E-state index contributed by atoms with van der Waals surface area (Å²) in [6.07, 6.45) is -3.20. The first-order valence-electron chi connectivity index (χ1n) is 10.6.